The van der Waals surface area contributed by atoms with Crippen LogP contribution < -0.4 is 5.32 Å². The van der Waals surface area contributed by atoms with Crippen LogP contribution in [0.5, 0.6) is 0 Å². The SMILES string of the molecule is CC(=O)Nc1ccc(S(=O)(=O)n2cnc(C=O)c2)cc1. The zero-order valence-corrected chi connectivity index (χ0v) is 11.3. The van der Waals surface area contributed by atoms with Crippen LogP contribution in [-0.2, 0) is 14.8 Å². The largest absolute Gasteiger partial charge is 0.326 e. The van der Waals surface area contributed by atoms with Gasteiger partial charge in [0.05, 0.1) is 11.1 Å². The second-order valence-electron chi connectivity index (χ2n) is 3.96. The van der Waals surface area contributed by atoms with Crippen molar-refractivity contribution in [2.24, 2.45) is 0 Å². The number of anilines is 1. The standard InChI is InChI=1S/C12H11N3O4S/c1-9(17)14-10-2-4-12(5-3-10)20(18,19)15-6-11(7-16)13-8-15/h2-8H,1H3,(H,14,17). The topological polar surface area (TPSA) is 98.1 Å². The molecule has 0 aliphatic rings. The molecule has 1 amide bonds. The summed E-state index contributed by atoms with van der Waals surface area (Å²) in [6, 6.07) is 5.68. The second kappa shape index (κ2) is 5.25. The smallest absolute Gasteiger partial charge is 0.268 e. The van der Waals surface area contributed by atoms with E-state index in [1.54, 1.807) is 0 Å². The third-order valence-corrected chi connectivity index (χ3v) is 4.07. The van der Waals surface area contributed by atoms with Gasteiger partial charge in [0.2, 0.25) is 5.91 Å². The Morgan fingerprint density at radius 3 is 2.45 bits per heavy atom. The van der Waals surface area contributed by atoms with Gasteiger partial charge in [-0.05, 0) is 24.3 Å². The first-order valence-corrected chi connectivity index (χ1v) is 7.00. The lowest BCUT2D eigenvalue weighted by molar-refractivity contribution is -0.114. The van der Waals surface area contributed by atoms with E-state index in [-0.39, 0.29) is 16.5 Å². The molecule has 0 saturated carbocycles. The first kappa shape index (κ1) is 13.9. The van der Waals surface area contributed by atoms with Gasteiger partial charge in [-0.25, -0.2) is 17.4 Å². The third kappa shape index (κ3) is 2.75. The fraction of sp³-hybridized carbons (Fsp3) is 0.0833. The highest BCUT2D eigenvalue weighted by Crippen LogP contribution is 2.17. The van der Waals surface area contributed by atoms with Gasteiger partial charge in [-0.2, -0.15) is 0 Å². The Balaban J connectivity index is 2.34. The summed E-state index contributed by atoms with van der Waals surface area (Å²) >= 11 is 0. The predicted molar refractivity (Wildman–Crippen MR) is 70.9 cm³/mol. The van der Waals surface area contributed by atoms with Crippen molar-refractivity contribution in [3.63, 3.8) is 0 Å². The van der Waals surface area contributed by atoms with Gasteiger partial charge in [-0.15, -0.1) is 0 Å². The first-order chi connectivity index (χ1) is 9.43. The van der Waals surface area contributed by atoms with Crippen LogP contribution in [0.25, 0.3) is 0 Å². The molecule has 7 nitrogen and oxygen atoms in total. The van der Waals surface area contributed by atoms with Crippen LogP contribution in [0.3, 0.4) is 0 Å². The summed E-state index contributed by atoms with van der Waals surface area (Å²) in [5.41, 5.74) is 0.527. The molecule has 0 unspecified atom stereocenters. The lowest BCUT2D eigenvalue weighted by atomic mass is 10.3. The number of aldehydes is 1. The van der Waals surface area contributed by atoms with Crippen LogP contribution in [0, 0.1) is 0 Å². The molecule has 20 heavy (non-hydrogen) atoms. The van der Waals surface area contributed by atoms with Crippen LogP contribution >= 0.6 is 0 Å². The van der Waals surface area contributed by atoms with Gasteiger partial charge in [-0.1, -0.05) is 0 Å². The van der Waals surface area contributed by atoms with Crippen molar-refractivity contribution in [3.05, 3.63) is 42.5 Å². The van der Waals surface area contributed by atoms with Gasteiger partial charge in [0.1, 0.15) is 12.0 Å². The molecule has 0 spiro atoms. The van der Waals surface area contributed by atoms with E-state index in [1.807, 2.05) is 0 Å². The summed E-state index contributed by atoms with van der Waals surface area (Å²) in [4.78, 5) is 25.1. The normalized spacial score (nSPS) is 11.1. The molecule has 2 rings (SSSR count). The molecule has 1 aromatic heterocycles. The van der Waals surface area contributed by atoms with Crippen LogP contribution in [0.15, 0.2) is 41.7 Å². The van der Waals surface area contributed by atoms with Crippen molar-refractivity contribution >= 4 is 27.9 Å². The number of benzene rings is 1. The molecule has 0 atom stereocenters. The molecular formula is C12H11N3O4S. The van der Waals surface area contributed by atoms with Gasteiger partial charge in [0.15, 0.2) is 6.29 Å². The van der Waals surface area contributed by atoms with E-state index in [9.17, 15) is 18.0 Å². The summed E-state index contributed by atoms with van der Waals surface area (Å²) in [6.45, 7) is 1.36. The van der Waals surface area contributed by atoms with Crippen molar-refractivity contribution in [2.75, 3.05) is 5.32 Å². The summed E-state index contributed by atoms with van der Waals surface area (Å²) in [5, 5.41) is 2.54. The molecule has 1 aromatic carbocycles. The molecule has 104 valence electrons. The van der Waals surface area contributed by atoms with Crippen LogP contribution in [0.2, 0.25) is 0 Å². The van der Waals surface area contributed by atoms with Gasteiger partial charge >= 0.3 is 0 Å². The van der Waals surface area contributed by atoms with Gasteiger partial charge in [0, 0.05) is 12.6 Å². The fourth-order valence-corrected chi connectivity index (χ4v) is 2.69. The van der Waals surface area contributed by atoms with Crippen LogP contribution in [0.1, 0.15) is 17.4 Å². The Kier molecular flexibility index (Phi) is 3.66. The molecule has 0 saturated heterocycles. The number of aromatic nitrogens is 2. The van der Waals surface area contributed by atoms with Crippen molar-refractivity contribution in [1.82, 2.24) is 8.96 Å². The zero-order chi connectivity index (χ0) is 14.8. The summed E-state index contributed by atoms with van der Waals surface area (Å²) in [5.74, 6) is -0.245. The molecule has 0 fully saturated rings. The minimum atomic E-state index is -3.79. The molecule has 0 bridgehead atoms. The van der Waals surface area contributed by atoms with E-state index in [1.165, 1.54) is 31.2 Å². The highest BCUT2D eigenvalue weighted by molar-refractivity contribution is 7.90. The molecular weight excluding hydrogens is 282 g/mol. The third-order valence-electron chi connectivity index (χ3n) is 2.45. The molecule has 0 aliphatic carbocycles. The second-order valence-corrected chi connectivity index (χ2v) is 5.80. The lowest BCUT2D eigenvalue weighted by Gasteiger charge is -2.06. The quantitative estimate of drug-likeness (QED) is 0.844. The Bertz CT molecular complexity index is 747. The first-order valence-electron chi connectivity index (χ1n) is 5.56. The van der Waals surface area contributed by atoms with E-state index in [0.717, 1.165) is 16.5 Å². The van der Waals surface area contributed by atoms with Gasteiger partial charge in [-0.3, -0.25) is 9.59 Å². The highest BCUT2D eigenvalue weighted by Gasteiger charge is 2.17. The molecule has 1 heterocycles. The molecule has 0 aliphatic heterocycles. The maximum absolute atomic E-state index is 12.2. The maximum atomic E-state index is 12.2. The predicted octanol–water partition coefficient (Wildman–Crippen LogP) is 0.891. The van der Waals surface area contributed by atoms with E-state index in [0.29, 0.717) is 12.0 Å². The summed E-state index contributed by atoms with van der Waals surface area (Å²) in [7, 11) is -3.79. The number of hydrogen-bond donors (Lipinski definition) is 1. The molecule has 8 heteroatoms. The number of nitrogens with one attached hydrogen (secondary N) is 1. The Hall–Kier alpha value is -2.48. The number of rotatable bonds is 4. The fourth-order valence-electron chi connectivity index (χ4n) is 1.55. The summed E-state index contributed by atoms with van der Waals surface area (Å²) < 4.78 is 25.3. The highest BCUT2D eigenvalue weighted by atomic mass is 32.2. The van der Waals surface area contributed by atoms with E-state index >= 15 is 0 Å². The maximum Gasteiger partial charge on any atom is 0.268 e. The lowest BCUT2D eigenvalue weighted by Crippen LogP contribution is -2.11. The van der Waals surface area contributed by atoms with Crippen molar-refractivity contribution in [3.8, 4) is 0 Å². The van der Waals surface area contributed by atoms with E-state index < -0.39 is 10.0 Å². The van der Waals surface area contributed by atoms with Crippen LogP contribution in [-0.4, -0.2) is 29.6 Å². The minimum absolute atomic E-state index is 0.0291. The van der Waals surface area contributed by atoms with Crippen LogP contribution in [0.4, 0.5) is 5.69 Å². The van der Waals surface area contributed by atoms with Crippen molar-refractivity contribution < 1.29 is 18.0 Å². The van der Waals surface area contributed by atoms with Crippen molar-refractivity contribution in [1.29, 1.82) is 0 Å². The average molecular weight is 293 g/mol. The Labute approximate surface area is 115 Å². The minimum Gasteiger partial charge on any atom is -0.326 e. The number of carbonyl (C=O) groups excluding carboxylic acids is 2. The number of imidazole rings is 1. The van der Waals surface area contributed by atoms with Crippen molar-refractivity contribution in [2.45, 2.75) is 11.8 Å². The summed E-state index contributed by atoms with van der Waals surface area (Å²) in [6.07, 6.45) is 2.65. The average Bonchev–Trinajstić information content (AvgIpc) is 2.88. The molecule has 2 aromatic rings. The Morgan fingerprint density at radius 2 is 1.95 bits per heavy atom. The molecule has 1 N–H and O–H groups in total. The van der Waals surface area contributed by atoms with Gasteiger partial charge < -0.3 is 5.32 Å². The monoisotopic (exact) mass is 293 g/mol. The van der Waals surface area contributed by atoms with Gasteiger partial charge in [0.25, 0.3) is 10.0 Å². The Morgan fingerprint density at radius 1 is 1.30 bits per heavy atom. The van der Waals surface area contributed by atoms with E-state index in [2.05, 4.69) is 10.3 Å². The number of nitrogens with zero attached hydrogens (tertiary/aromatic N) is 2. The molecule has 0 radical (unpaired) electrons. The van der Waals surface area contributed by atoms with E-state index in [4.69, 9.17) is 0 Å². The number of amides is 1. The zero-order valence-electron chi connectivity index (χ0n) is 10.5. The number of hydrogen-bond acceptors (Lipinski definition) is 5. The number of carbonyl (C=O) groups is 2.